The molecule has 0 spiro atoms. The van der Waals surface area contributed by atoms with Gasteiger partial charge in [-0.2, -0.15) is 0 Å². The number of nitrogens with zero attached hydrogens (tertiary/aromatic N) is 1. The molecular weight excluding hydrogens is 312 g/mol. The number of methoxy groups -OCH3 is 1. The molecule has 0 radical (unpaired) electrons. The molecule has 1 aromatic heterocycles. The first-order chi connectivity index (χ1) is 11.5. The van der Waals surface area contributed by atoms with Crippen molar-refractivity contribution in [2.75, 3.05) is 33.9 Å². The largest absolute Gasteiger partial charge is 0.481 e. The van der Waals surface area contributed by atoms with Crippen LogP contribution in [-0.2, 0) is 16.1 Å². The van der Waals surface area contributed by atoms with E-state index in [1.807, 2.05) is 0 Å². The van der Waals surface area contributed by atoms with E-state index in [9.17, 15) is 14.7 Å². The fourth-order valence-corrected chi connectivity index (χ4v) is 3.33. The average molecular weight is 338 g/mol. The summed E-state index contributed by atoms with van der Waals surface area (Å²) in [6, 6.07) is 3.41. The number of rotatable bonds is 8. The fourth-order valence-electron chi connectivity index (χ4n) is 3.33. The van der Waals surface area contributed by atoms with Crippen molar-refractivity contribution in [3.8, 4) is 0 Å². The number of ether oxygens (including phenoxy) is 1. The lowest BCUT2D eigenvalue weighted by Crippen LogP contribution is -2.47. The summed E-state index contributed by atoms with van der Waals surface area (Å²) in [7, 11) is 3.18. The number of hydrogen-bond donors (Lipinski definition) is 2. The Morgan fingerprint density at radius 3 is 2.92 bits per heavy atom. The minimum atomic E-state index is -0.742. The van der Waals surface area contributed by atoms with Crippen molar-refractivity contribution >= 4 is 11.9 Å². The molecular formula is C17H26N2O5. The quantitative estimate of drug-likeness (QED) is 0.702. The van der Waals surface area contributed by atoms with Gasteiger partial charge in [-0.05, 0) is 44.4 Å². The molecule has 1 aliphatic heterocycles. The minimum absolute atomic E-state index is 0.264. The zero-order valence-electron chi connectivity index (χ0n) is 14.3. The molecule has 1 aliphatic rings. The van der Waals surface area contributed by atoms with Crippen molar-refractivity contribution in [1.82, 2.24) is 10.2 Å². The Balaban J connectivity index is 2.01. The first-order valence-corrected chi connectivity index (χ1v) is 8.26. The van der Waals surface area contributed by atoms with Gasteiger partial charge < -0.3 is 19.6 Å². The van der Waals surface area contributed by atoms with E-state index in [0.29, 0.717) is 38.3 Å². The molecule has 7 heteroatoms. The summed E-state index contributed by atoms with van der Waals surface area (Å²) in [6.45, 7) is 2.40. The van der Waals surface area contributed by atoms with E-state index in [-0.39, 0.29) is 11.7 Å². The van der Waals surface area contributed by atoms with Gasteiger partial charge in [-0.25, -0.2) is 0 Å². The van der Waals surface area contributed by atoms with Gasteiger partial charge in [0, 0.05) is 27.3 Å². The molecule has 1 atom stereocenters. The van der Waals surface area contributed by atoms with Crippen LogP contribution in [0.4, 0.5) is 0 Å². The lowest BCUT2D eigenvalue weighted by Gasteiger charge is -2.39. The number of nitrogens with one attached hydrogen (secondary N) is 1. The summed E-state index contributed by atoms with van der Waals surface area (Å²) in [4.78, 5) is 25.5. The Kier molecular flexibility index (Phi) is 6.39. The number of likely N-dealkylation sites (tertiary alicyclic amines) is 1. The number of hydrogen-bond acceptors (Lipinski definition) is 5. The first kappa shape index (κ1) is 18.5. The number of carboxylic acids is 1. The van der Waals surface area contributed by atoms with E-state index in [2.05, 4.69) is 10.2 Å². The predicted molar refractivity (Wildman–Crippen MR) is 87.8 cm³/mol. The lowest BCUT2D eigenvalue weighted by molar-refractivity contribution is -0.153. The highest BCUT2D eigenvalue weighted by Gasteiger charge is 2.41. The molecule has 2 N–H and O–H groups in total. The van der Waals surface area contributed by atoms with Crippen LogP contribution in [0.1, 0.15) is 42.0 Å². The van der Waals surface area contributed by atoms with Crippen molar-refractivity contribution in [2.45, 2.75) is 32.2 Å². The summed E-state index contributed by atoms with van der Waals surface area (Å²) in [5, 5.41) is 12.3. The van der Waals surface area contributed by atoms with Gasteiger partial charge in [0.1, 0.15) is 5.76 Å². The highest BCUT2D eigenvalue weighted by atomic mass is 16.5. The fraction of sp³-hybridized carbons (Fsp3) is 0.647. The van der Waals surface area contributed by atoms with Crippen molar-refractivity contribution in [2.24, 2.45) is 5.41 Å². The summed E-state index contributed by atoms with van der Waals surface area (Å²) in [5.41, 5.74) is -0.729. The lowest BCUT2D eigenvalue weighted by atomic mass is 9.76. The minimum Gasteiger partial charge on any atom is -0.481 e. The molecule has 2 heterocycles. The average Bonchev–Trinajstić information content (AvgIpc) is 3.03. The van der Waals surface area contributed by atoms with Crippen molar-refractivity contribution in [1.29, 1.82) is 0 Å². The molecule has 0 aromatic carbocycles. The Morgan fingerprint density at radius 1 is 1.46 bits per heavy atom. The summed E-state index contributed by atoms with van der Waals surface area (Å²) in [5.74, 6) is -0.0612. The number of carbonyl (C=O) groups is 2. The number of carbonyl (C=O) groups excluding carboxylic acids is 1. The number of piperidine rings is 1. The van der Waals surface area contributed by atoms with Crippen LogP contribution in [0, 0.1) is 5.41 Å². The van der Waals surface area contributed by atoms with Gasteiger partial charge in [0.25, 0.3) is 5.91 Å². The number of furan rings is 1. The monoisotopic (exact) mass is 338 g/mol. The van der Waals surface area contributed by atoms with Gasteiger partial charge in [-0.3, -0.25) is 14.5 Å². The molecule has 1 fully saturated rings. The molecule has 1 amide bonds. The number of amides is 1. The molecule has 7 nitrogen and oxygen atoms in total. The standard InChI is InChI=1S/C17H26N2O5/c1-18-15(20)14-6-5-13(24-14)11-19-9-3-7-17(12-19,16(21)22)8-4-10-23-2/h5-6H,3-4,7-12H2,1-2H3,(H,18,20)(H,21,22). The maximum Gasteiger partial charge on any atom is 0.310 e. The summed E-state index contributed by atoms with van der Waals surface area (Å²) < 4.78 is 10.6. The molecule has 24 heavy (non-hydrogen) atoms. The Bertz CT molecular complexity index is 571. The van der Waals surface area contributed by atoms with Gasteiger partial charge in [-0.15, -0.1) is 0 Å². The van der Waals surface area contributed by atoms with Crippen LogP contribution < -0.4 is 5.32 Å². The third-order valence-electron chi connectivity index (χ3n) is 4.61. The van der Waals surface area contributed by atoms with Crippen LogP contribution in [0.5, 0.6) is 0 Å². The van der Waals surface area contributed by atoms with E-state index in [1.54, 1.807) is 26.3 Å². The number of aliphatic carboxylic acids is 1. The summed E-state index contributed by atoms with van der Waals surface area (Å²) >= 11 is 0. The first-order valence-electron chi connectivity index (χ1n) is 8.26. The molecule has 1 saturated heterocycles. The second kappa shape index (κ2) is 8.30. The van der Waals surface area contributed by atoms with Crippen LogP contribution >= 0.6 is 0 Å². The van der Waals surface area contributed by atoms with Crippen LogP contribution in [0.2, 0.25) is 0 Å². The molecule has 0 bridgehead atoms. The van der Waals surface area contributed by atoms with Gasteiger partial charge in [0.2, 0.25) is 0 Å². The zero-order chi connectivity index (χ0) is 17.6. The van der Waals surface area contributed by atoms with Crippen molar-refractivity contribution in [3.05, 3.63) is 23.7 Å². The highest BCUT2D eigenvalue weighted by molar-refractivity contribution is 5.91. The maximum atomic E-state index is 11.9. The van der Waals surface area contributed by atoms with Gasteiger partial charge in [0.15, 0.2) is 5.76 Å². The molecule has 2 rings (SSSR count). The Labute approximate surface area is 142 Å². The second-order valence-corrected chi connectivity index (χ2v) is 6.34. The topological polar surface area (TPSA) is 92.0 Å². The zero-order valence-corrected chi connectivity index (χ0v) is 14.3. The van der Waals surface area contributed by atoms with E-state index in [0.717, 1.165) is 19.4 Å². The maximum absolute atomic E-state index is 11.9. The van der Waals surface area contributed by atoms with Crippen LogP contribution in [0.25, 0.3) is 0 Å². The number of carboxylic acid groups (broad SMARTS) is 1. The normalized spacial score (nSPS) is 21.6. The van der Waals surface area contributed by atoms with Crippen molar-refractivity contribution in [3.63, 3.8) is 0 Å². The third kappa shape index (κ3) is 4.36. The Hall–Kier alpha value is -1.86. The van der Waals surface area contributed by atoms with Crippen LogP contribution in [0.3, 0.4) is 0 Å². The van der Waals surface area contributed by atoms with Crippen LogP contribution in [-0.4, -0.2) is 55.7 Å². The van der Waals surface area contributed by atoms with E-state index < -0.39 is 11.4 Å². The van der Waals surface area contributed by atoms with Crippen molar-refractivity contribution < 1.29 is 23.8 Å². The highest BCUT2D eigenvalue weighted by Crippen LogP contribution is 2.35. The van der Waals surface area contributed by atoms with E-state index in [1.165, 1.54) is 0 Å². The molecule has 1 aromatic rings. The van der Waals surface area contributed by atoms with E-state index >= 15 is 0 Å². The molecule has 0 aliphatic carbocycles. The van der Waals surface area contributed by atoms with Gasteiger partial charge >= 0.3 is 5.97 Å². The van der Waals surface area contributed by atoms with Gasteiger partial charge in [0.05, 0.1) is 12.0 Å². The van der Waals surface area contributed by atoms with Crippen LogP contribution in [0.15, 0.2) is 16.5 Å². The van der Waals surface area contributed by atoms with Gasteiger partial charge in [-0.1, -0.05) is 0 Å². The SMILES string of the molecule is CNC(=O)c1ccc(CN2CCCC(CCCOC)(C(=O)O)C2)o1. The summed E-state index contributed by atoms with van der Waals surface area (Å²) in [6.07, 6.45) is 2.86. The third-order valence-corrected chi connectivity index (χ3v) is 4.61. The Morgan fingerprint density at radius 2 is 2.25 bits per heavy atom. The van der Waals surface area contributed by atoms with E-state index in [4.69, 9.17) is 9.15 Å². The molecule has 134 valence electrons. The second-order valence-electron chi connectivity index (χ2n) is 6.34. The molecule has 0 saturated carbocycles. The predicted octanol–water partition coefficient (Wildman–Crippen LogP) is 1.73. The smallest absolute Gasteiger partial charge is 0.310 e. The molecule has 1 unspecified atom stereocenters.